The summed E-state index contributed by atoms with van der Waals surface area (Å²) in [6.07, 6.45) is 1.45. The van der Waals surface area contributed by atoms with Crippen LogP contribution in [0, 0.1) is 24.2 Å². The van der Waals surface area contributed by atoms with Crippen molar-refractivity contribution in [2.75, 3.05) is 19.0 Å². The fourth-order valence-corrected chi connectivity index (χ4v) is 5.52. The van der Waals surface area contributed by atoms with E-state index in [4.69, 9.17) is 33.2 Å². The molecule has 17 nitrogen and oxygen atoms in total. The Balaban J connectivity index is 1.40. The Bertz CT molecular complexity index is 2290. The first-order valence-electron chi connectivity index (χ1n) is 18.2. The number of carbonyl (C=O) groups excluding carboxylic acids is 5. The van der Waals surface area contributed by atoms with Gasteiger partial charge in [-0.2, -0.15) is 0 Å². The average Bonchev–Trinajstić information content (AvgIpc) is 3.96. The highest BCUT2D eigenvalue weighted by molar-refractivity contribution is 6.11. The normalized spacial score (nSPS) is 12.5. The van der Waals surface area contributed by atoms with Crippen LogP contribution in [0.2, 0.25) is 0 Å². The highest BCUT2D eigenvalue weighted by atomic mass is 16.7. The van der Waals surface area contributed by atoms with Gasteiger partial charge in [0.25, 0.3) is 11.8 Å². The molecule has 0 radical (unpaired) electrons. The largest absolute Gasteiger partial charge is 0.519 e. The van der Waals surface area contributed by atoms with Crippen molar-refractivity contribution in [2.24, 2.45) is 11.8 Å². The molecular formula is C41H43N5O12. The number of amides is 3. The third-order valence-electron chi connectivity index (χ3n) is 8.67. The van der Waals surface area contributed by atoms with E-state index in [1.54, 1.807) is 0 Å². The quantitative estimate of drug-likeness (QED) is 0.0442. The van der Waals surface area contributed by atoms with E-state index in [0.29, 0.717) is 29.5 Å². The molecule has 2 aromatic heterocycles. The number of anilines is 1. The summed E-state index contributed by atoms with van der Waals surface area (Å²) >= 11 is 0. The Labute approximate surface area is 332 Å². The number of aryl methyl sites for hydroxylation is 1. The van der Waals surface area contributed by atoms with Crippen molar-refractivity contribution >= 4 is 47.4 Å². The van der Waals surface area contributed by atoms with Crippen molar-refractivity contribution in [3.05, 3.63) is 105 Å². The van der Waals surface area contributed by atoms with Gasteiger partial charge in [0.15, 0.2) is 23.8 Å². The van der Waals surface area contributed by atoms with E-state index in [-0.39, 0.29) is 63.3 Å². The number of benzene rings is 2. The van der Waals surface area contributed by atoms with Gasteiger partial charge in [0, 0.05) is 53.4 Å². The van der Waals surface area contributed by atoms with Crippen LogP contribution in [-0.2, 0) is 25.6 Å². The van der Waals surface area contributed by atoms with E-state index in [2.05, 4.69) is 27.5 Å². The van der Waals surface area contributed by atoms with Gasteiger partial charge in [0.05, 0.1) is 7.11 Å². The Hall–Kier alpha value is -7.04. The smallest absolute Gasteiger partial charge is 0.496 e. The van der Waals surface area contributed by atoms with Crippen LogP contribution in [-0.4, -0.2) is 60.6 Å². The number of carbonyl (C=O) groups is 5. The lowest BCUT2D eigenvalue weighted by molar-refractivity contribution is -0.165. The summed E-state index contributed by atoms with van der Waals surface area (Å²) in [5.41, 5.74) is 0.963. The molecule has 3 amide bonds. The standard InChI is InChI=1S/C41H43N5O12/c1-7-25-17-30(37(48)44-27-12-10-26(11-13-27)36(42)46-40(51)57-23(5)56-34(47)16-21(2)3)29(18-32(25)53-6)28-14-15-31(38(49)43-19-24-8-9-24)45-35(28)39(50)54-20-33-22(4)55-41(52)58-33/h7,10-15,17-18,21,23-24H,1,8-9,16,19-20H2,2-6H3,(H,43,49)(H,44,48)(H2,42,46,51). The summed E-state index contributed by atoms with van der Waals surface area (Å²) in [7, 11) is 1.42. The second-order valence-electron chi connectivity index (χ2n) is 13.7. The number of alkyl carbamates (subject to hydrolysis) is 1. The van der Waals surface area contributed by atoms with E-state index in [1.807, 2.05) is 13.8 Å². The molecule has 4 N–H and O–H groups in total. The first-order valence-corrected chi connectivity index (χ1v) is 18.2. The Morgan fingerprint density at radius 1 is 0.983 bits per heavy atom. The minimum Gasteiger partial charge on any atom is -0.496 e. The number of nitrogens with one attached hydrogen (secondary N) is 4. The molecular weight excluding hydrogens is 754 g/mol. The van der Waals surface area contributed by atoms with Crippen molar-refractivity contribution < 1.29 is 51.8 Å². The zero-order valence-electron chi connectivity index (χ0n) is 32.5. The maximum absolute atomic E-state index is 14.0. The molecule has 0 aliphatic heterocycles. The van der Waals surface area contributed by atoms with Crippen LogP contribution in [0.4, 0.5) is 10.5 Å². The minimum absolute atomic E-state index is 0.0263. The van der Waals surface area contributed by atoms with Crippen LogP contribution in [0.1, 0.15) is 94.0 Å². The third-order valence-corrected chi connectivity index (χ3v) is 8.67. The number of hydrogen-bond donors (Lipinski definition) is 4. The van der Waals surface area contributed by atoms with E-state index < -0.39 is 48.6 Å². The van der Waals surface area contributed by atoms with E-state index in [1.165, 1.54) is 75.6 Å². The summed E-state index contributed by atoms with van der Waals surface area (Å²) in [5, 5.41) is 16.2. The van der Waals surface area contributed by atoms with Gasteiger partial charge in [0.2, 0.25) is 6.29 Å². The van der Waals surface area contributed by atoms with Gasteiger partial charge in [-0.25, -0.2) is 19.4 Å². The van der Waals surface area contributed by atoms with Gasteiger partial charge in [-0.15, -0.1) is 0 Å². The molecule has 1 aliphatic carbocycles. The molecule has 1 saturated carbocycles. The Morgan fingerprint density at radius 3 is 2.33 bits per heavy atom. The predicted molar refractivity (Wildman–Crippen MR) is 208 cm³/mol. The summed E-state index contributed by atoms with van der Waals surface area (Å²) in [6, 6.07) is 11.9. The molecule has 17 heteroatoms. The molecule has 0 saturated heterocycles. The zero-order chi connectivity index (χ0) is 42.1. The predicted octanol–water partition coefficient (Wildman–Crippen LogP) is 5.99. The van der Waals surface area contributed by atoms with Crippen LogP contribution in [0.15, 0.2) is 68.7 Å². The topological polar surface area (TPSA) is 238 Å². The lowest BCUT2D eigenvalue weighted by Crippen LogP contribution is -2.34. The van der Waals surface area contributed by atoms with Crippen LogP contribution >= 0.6 is 0 Å². The molecule has 1 unspecified atom stereocenters. The first kappa shape index (κ1) is 42.1. The lowest BCUT2D eigenvalue weighted by atomic mass is 9.94. The molecule has 4 aromatic rings. The number of esters is 2. The van der Waals surface area contributed by atoms with Crippen molar-refractivity contribution in [3.63, 3.8) is 0 Å². The second-order valence-corrected chi connectivity index (χ2v) is 13.7. The fourth-order valence-electron chi connectivity index (χ4n) is 5.52. The van der Waals surface area contributed by atoms with Crippen molar-refractivity contribution in [2.45, 2.75) is 59.9 Å². The minimum atomic E-state index is -1.18. The molecule has 5 rings (SSSR count). The lowest BCUT2D eigenvalue weighted by Gasteiger charge is -2.17. The summed E-state index contributed by atoms with van der Waals surface area (Å²) in [6.45, 7) is 10.3. The van der Waals surface area contributed by atoms with Gasteiger partial charge in [-0.05, 0) is 80.1 Å². The maximum atomic E-state index is 14.0. The number of nitrogens with zero attached hydrogens (tertiary/aromatic N) is 1. The monoisotopic (exact) mass is 797 g/mol. The summed E-state index contributed by atoms with van der Waals surface area (Å²) in [5.74, 6) is -3.13. The number of rotatable bonds is 16. The van der Waals surface area contributed by atoms with Crippen LogP contribution in [0.3, 0.4) is 0 Å². The molecule has 304 valence electrons. The Morgan fingerprint density at radius 2 is 1.71 bits per heavy atom. The number of methoxy groups -OCH3 is 1. The molecule has 0 spiro atoms. The SMILES string of the molecule is C=Cc1cc(C(=O)Nc2ccc(C(=N)NC(=O)OC(C)OC(=O)CC(C)C)cc2)c(-c2ccc(C(=O)NCC3CC3)nc2C(=O)OCc2oc(=O)oc2C)cc1OC. The maximum Gasteiger partial charge on any atom is 0.519 e. The summed E-state index contributed by atoms with van der Waals surface area (Å²) < 4.78 is 30.9. The molecule has 2 aromatic carbocycles. The number of ether oxygens (including phenoxy) is 4. The van der Waals surface area contributed by atoms with E-state index in [0.717, 1.165) is 12.8 Å². The second kappa shape index (κ2) is 18.7. The van der Waals surface area contributed by atoms with Crippen molar-refractivity contribution in [1.29, 1.82) is 5.41 Å². The fraction of sp³-hybridized carbons (Fsp3) is 0.317. The van der Waals surface area contributed by atoms with Crippen molar-refractivity contribution in [1.82, 2.24) is 15.6 Å². The van der Waals surface area contributed by atoms with Gasteiger partial charge in [-0.3, -0.25) is 25.1 Å². The number of amidine groups is 1. The summed E-state index contributed by atoms with van der Waals surface area (Å²) in [4.78, 5) is 81.0. The molecule has 2 heterocycles. The molecule has 58 heavy (non-hydrogen) atoms. The van der Waals surface area contributed by atoms with E-state index >= 15 is 0 Å². The first-order chi connectivity index (χ1) is 27.6. The van der Waals surface area contributed by atoms with Gasteiger partial charge < -0.3 is 38.4 Å². The van der Waals surface area contributed by atoms with Gasteiger partial charge in [-0.1, -0.05) is 26.5 Å². The van der Waals surface area contributed by atoms with Crippen LogP contribution in [0.5, 0.6) is 5.75 Å². The van der Waals surface area contributed by atoms with Crippen LogP contribution < -0.4 is 26.5 Å². The zero-order valence-corrected chi connectivity index (χ0v) is 32.5. The van der Waals surface area contributed by atoms with Crippen LogP contribution in [0.25, 0.3) is 17.2 Å². The molecule has 1 aliphatic rings. The number of aromatic nitrogens is 1. The number of pyridine rings is 1. The Kier molecular flexibility index (Phi) is 13.6. The van der Waals surface area contributed by atoms with E-state index in [9.17, 15) is 28.8 Å². The average molecular weight is 798 g/mol. The molecule has 0 bridgehead atoms. The highest BCUT2D eigenvalue weighted by Gasteiger charge is 2.27. The van der Waals surface area contributed by atoms with Gasteiger partial charge in [0.1, 0.15) is 17.3 Å². The third kappa shape index (κ3) is 11.0. The molecule has 1 fully saturated rings. The van der Waals surface area contributed by atoms with Gasteiger partial charge >= 0.3 is 23.9 Å². The highest BCUT2D eigenvalue weighted by Crippen LogP contribution is 2.35. The number of hydrogen-bond acceptors (Lipinski definition) is 14. The van der Waals surface area contributed by atoms with Crippen molar-refractivity contribution in [3.8, 4) is 16.9 Å². The molecule has 1 atom stereocenters.